The molecule has 1 saturated heterocycles. The molecule has 2 heterocycles. The van der Waals surface area contributed by atoms with E-state index in [0.717, 1.165) is 5.56 Å². The van der Waals surface area contributed by atoms with E-state index in [0.29, 0.717) is 29.7 Å². The number of nitrogens with one attached hydrogen (secondary N) is 1. The first-order valence-electron chi connectivity index (χ1n) is 15.9. The van der Waals surface area contributed by atoms with E-state index in [-0.39, 0.29) is 69.9 Å². The van der Waals surface area contributed by atoms with Gasteiger partial charge in [-0.25, -0.2) is 14.6 Å². The number of ether oxygens (including phenoxy) is 3. The van der Waals surface area contributed by atoms with Crippen molar-refractivity contribution in [3.8, 4) is 11.5 Å². The summed E-state index contributed by atoms with van der Waals surface area (Å²) in [5.41, 5.74) is -0.329. The lowest BCUT2D eigenvalue weighted by Crippen LogP contribution is -2.56. The number of carbonyl (C=O) groups is 5. The Kier molecular flexibility index (Phi) is 10.6. The zero-order chi connectivity index (χ0) is 34.3. The van der Waals surface area contributed by atoms with Gasteiger partial charge in [-0.1, -0.05) is 30.3 Å². The summed E-state index contributed by atoms with van der Waals surface area (Å²) < 4.78 is 17.1. The van der Waals surface area contributed by atoms with Crippen LogP contribution in [0.2, 0.25) is 0 Å². The average Bonchev–Trinajstić information content (AvgIpc) is 3.07. The second kappa shape index (κ2) is 15.0. The normalized spacial score (nSPS) is 15.9. The van der Waals surface area contributed by atoms with E-state index in [1.807, 2.05) is 30.3 Å². The molecule has 0 spiro atoms. The SMILES string of the molecule is CCOC(=O)N1CCN(C(=O)C(CCC(=O)O)NC(=O)c2cc(OC3(C(=O)O)CCC3)c3cc(OCc4ccccc4)ccc3n2)CC1. The first-order valence-corrected chi connectivity index (χ1v) is 15.9. The standard InChI is InChI=1S/C34H38N4O10/c1-2-46-33(45)38-17-15-37(16-18-38)31(42)26(11-12-29(39)40)36-30(41)27-20-28(48-34(32(43)44)13-6-14-34)24-19-23(9-10-25(24)35-27)47-21-22-7-4-3-5-8-22/h3-5,7-10,19-20,26H,2,6,11-18,21H2,1H3,(H,36,41)(H,39,40)(H,43,44). The molecule has 2 aromatic carbocycles. The molecule has 1 unspecified atom stereocenters. The predicted molar refractivity (Wildman–Crippen MR) is 171 cm³/mol. The molecule has 254 valence electrons. The van der Waals surface area contributed by atoms with Crippen LogP contribution in [0.1, 0.15) is 55.1 Å². The van der Waals surface area contributed by atoms with Crippen LogP contribution in [0.4, 0.5) is 4.79 Å². The molecule has 3 aromatic rings. The molecule has 0 bridgehead atoms. The van der Waals surface area contributed by atoms with Gasteiger partial charge in [0.1, 0.15) is 29.8 Å². The smallest absolute Gasteiger partial charge is 0.409 e. The summed E-state index contributed by atoms with van der Waals surface area (Å²) in [4.78, 5) is 70.3. The maximum atomic E-state index is 13.6. The van der Waals surface area contributed by atoms with Crippen molar-refractivity contribution >= 4 is 40.7 Å². The van der Waals surface area contributed by atoms with Crippen LogP contribution < -0.4 is 14.8 Å². The van der Waals surface area contributed by atoms with Crippen molar-refractivity contribution in [3.05, 3.63) is 65.9 Å². The average molecular weight is 663 g/mol. The Morgan fingerprint density at radius 3 is 2.29 bits per heavy atom. The van der Waals surface area contributed by atoms with Gasteiger partial charge in [-0.15, -0.1) is 0 Å². The summed E-state index contributed by atoms with van der Waals surface area (Å²) in [7, 11) is 0. The van der Waals surface area contributed by atoms with Gasteiger partial charge in [0.2, 0.25) is 11.5 Å². The minimum atomic E-state index is -1.46. The molecule has 3 amide bonds. The number of piperazine rings is 1. The first-order chi connectivity index (χ1) is 23.1. The van der Waals surface area contributed by atoms with Crippen LogP contribution in [0.15, 0.2) is 54.6 Å². The molecule has 2 fully saturated rings. The predicted octanol–water partition coefficient (Wildman–Crippen LogP) is 3.46. The van der Waals surface area contributed by atoms with Gasteiger partial charge in [-0.3, -0.25) is 14.4 Å². The number of amides is 3. The number of pyridine rings is 1. The number of rotatable bonds is 13. The quantitative estimate of drug-likeness (QED) is 0.243. The molecule has 1 aromatic heterocycles. The molecule has 1 atom stereocenters. The van der Waals surface area contributed by atoms with Crippen LogP contribution in [-0.2, 0) is 25.7 Å². The zero-order valence-corrected chi connectivity index (χ0v) is 26.6. The topological polar surface area (TPSA) is 185 Å². The van der Waals surface area contributed by atoms with Gasteiger partial charge in [0, 0.05) is 44.1 Å². The maximum Gasteiger partial charge on any atom is 0.409 e. The highest BCUT2D eigenvalue weighted by molar-refractivity contribution is 6.00. The number of carboxylic acid groups (broad SMARTS) is 2. The van der Waals surface area contributed by atoms with Gasteiger partial charge < -0.3 is 39.5 Å². The Hall–Kier alpha value is -5.40. The van der Waals surface area contributed by atoms with Crippen molar-refractivity contribution in [2.75, 3.05) is 32.8 Å². The van der Waals surface area contributed by atoms with Crippen LogP contribution in [-0.4, -0.2) is 99.3 Å². The van der Waals surface area contributed by atoms with Crippen LogP contribution in [0.25, 0.3) is 10.9 Å². The number of hydrogen-bond acceptors (Lipinski definition) is 9. The molecular formula is C34H38N4O10. The van der Waals surface area contributed by atoms with Crippen molar-refractivity contribution in [2.45, 2.75) is 57.3 Å². The summed E-state index contributed by atoms with van der Waals surface area (Å²) in [6.07, 6.45) is 0.183. The molecule has 5 rings (SSSR count). The minimum Gasteiger partial charge on any atom is -0.489 e. The van der Waals surface area contributed by atoms with Gasteiger partial charge in [0.05, 0.1) is 12.1 Å². The Labute approximate surface area is 276 Å². The minimum absolute atomic E-state index is 0.112. The van der Waals surface area contributed by atoms with Crippen LogP contribution >= 0.6 is 0 Å². The largest absolute Gasteiger partial charge is 0.489 e. The Bertz CT molecular complexity index is 1670. The maximum absolute atomic E-state index is 13.6. The molecular weight excluding hydrogens is 624 g/mol. The fourth-order valence-corrected chi connectivity index (χ4v) is 5.58. The van der Waals surface area contributed by atoms with E-state index in [2.05, 4.69) is 10.3 Å². The molecule has 1 aliphatic carbocycles. The summed E-state index contributed by atoms with van der Waals surface area (Å²) in [6, 6.07) is 14.7. The van der Waals surface area contributed by atoms with E-state index < -0.39 is 41.5 Å². The molecule has 14 nitrogen and oxygen atoms in total. The molecule has 0 radical (unpaired) electrons. The van der Waals surface area contributed by atoms with Gasteiger partial charge >= 0.3 is 18.0 Å². The molecule has 1 aliphatic heterocycles. The molecule has 1 saturated carbocycles. The summed E-state index contributed by atoms with van der Waals surface area (Å²) in [6.45, 7) is 3.00. The van der Waals surface area contributed by atoms with Gasteiger partial charge in [-0.2, -0.15) is 0 Å². The number of carbonyl (C=O) groups excluding carboxylic acids is 3. The molecule has 3 N–H and O–H groups in total. The zero-order valence-electron chi connectivity index (χ0n) is 26.6. The van der Waals surface area contributed by atoms with Crippen molar-refractivity contribution < 1.29 is 48.4 Å². The van der Waals surface area contributed by atoms with Gasteiger partial charge in [0.25, 0.3) is 5.91 Å². The monoisotopic (exact) mass is 662 g/mol. The highest BCUT2D eigenvalue weighted by atomic mass is 16.6. The number of aromatic nitrogens is 1. The van der Waals surface area contributed by atoms with Gasteiger partial charge in [0.15, 0.2) is 0 Å². The lowest BCUT2D eigenvalue weighted by atomic mass is 9.80. The third kappa shape index (κ3) is 7.93. The number of carboxylic acids is 2. The van der Waals surface area contributed by atoms with Crippen LogP contribution in [0, 0.1) is 0 Å². The van der Waals surface area contributed by atoms with Gasteiger partial charge in [-0.05, 0) is 56.4 Å². The Morgan fingerprint density at radius 1 is 0.958 bits per heavy atom. The van der Waals surface area contributed by atoms with E-state index in [4.69, 9.17) is 14.2 Å². The highest BCUT2D eigenvalue weighted by Gasteiger charge is 2.47. The number of hydrogen-bond donors (Lipinski definition) is 3. The second-order valence-corrected chi connectivity index (χ2v) is 11.7. The number of aliphatic carboxylic acids is 2. The van der Waals surface area contributed by atoms with E-state index in [1.54, 1.807) is 25.1 Å². The highest BCUT2D eigenvalue weighted by Crippen LogP contribution is 2.40. The van der Waals surface area contributed by atoms with E-state index >= 15 is 0 Å². The third-order valence-corrected chi connectivity index (χ3v) is 8.45. The van der Waals surface area contributed by atoms with Crippen molar-refractivity contribution in [1.29, 1.82) is 0 Å². The van der Waals surface area contributed by atoms with Crippen LogP contribution in [0.3, 0.4) is 0 Å². The third-order valence-electron chi connectivity index (χ3n) is 8.45. The molecule has 48 heavy (non-hydrogen) atoms. The van der Waals surface area contributed by atoms with Crippen molar-refractivity contribution in [1.82, 2.24) is 20.1 Å². The lowest BCUT2D eigenvalue weighted by molar-refractivity contribution is -0.163. The first kappa shape index (κ1) is 33.9. The van der Waals surface area contributed by atoms with Crippen molar-refractivity contribution in [3.63, 3.8) is 0 Å². The number of nitrogens with zero attached hydrogens (tertiary/aromatic N) is 3. The second-order valence-electron chi connectivity index (χ2n) is 11.7. The Balaban J connectivity index is 1.39. The van der Waals surface area contributed by atoms with E-state index in [1.165, 1.54) is 15.9 Å². The lowest BCUT2D eigenvalue weighted by Gasteiger charge is -2.38. The van der Waals surface area contributed by atoms with E-state index in [9.17, 15) is 34.2 Å². The summed E-state index contributed by atoms with van der Waals surface area (Å²) in [5, 5.41) is 22.4. The summed E-state index contributed by atoms with van der Waals surface area (Å²) in [5.74, 6) is -2.93. The molecule has 14 heteroatoms. The number of benzene rings is 2. The fraction of sp³-hybridized carbons (Fsp3) is 0.412. The molecule has 2 aliphatic rings. The fourth-order valence-electron chi connectivity index (χ4n) is 5.58. The Morgan fingerprint density at radius 2 is 1.67 bits per heavy atom. The number of fused-ring (bicyclic) bond motifs is 1. The summed E-state index contributed by atoms with van der Waals surface area (Å²) >= 11 is 0. The van der Waals surface area contributed by atoms with Crippen molar-refractivity contribution in [2.24, 2.45) is 0 Å². The van der Waals surface area contributed by atoms with Crippen LogP contribution in [0.5, 0.6) is 11.5 Å².